The Bertz CT molecular complexity index is 463. The van der Waals surface area contributed by atoms with Gasteiger partial charge in [-0.3, -0.25) is 0 Å². The van der Waals surface area contributed by atoms with Crippen LogP contribution in [0.3, 0.4) is 0 Å². The highest BCUT2D eigenvalue weighted by Gasteiger charge is 2.16. The van der Waals surface area contributed by atoms with Gasteiger partial charge in [0.25, 0.3) is 0 Å². The molecule has 1 N–H and O–H groups in total. The molecule has 0 aliphatic carbocycles. The van der Waals surface area contributed by atoms with Gasteiger partial charge >= 0.3 is 0 Å². The van der Waals surface area contributed by atoms with Crippen molar-refractivity contribution >= 4 is 11.3 Å². The first-order chi connectivity index (χ1) is 7.72. The lowest BCUT2D eigenvalue weighted by Gasteiger charge is -2.14. The fourth-order valence-corrected chi connectivity index (χ4v) is 2.39. The van der Waals surface area contributed by atoms with Crippen molar-refractivity contribution in [3.63, 3.8) is 0 Å². The number of rotatable bonds is 3. The molecular weight excluding hydrogens is 220 g/mol. The molecule has 84 valence electrons. The number of aliphatic hydroxyl groups excluding tert-OH is 1. The second-order valence-corrected chi connectivity index (χ2v) is 4.64. The van der Waals surface area contributed by atoms with E-state index in [1.807, 2.05) is 42.6 Å². The van der Waals surface area contributed by atoms with Crippen molar-refractivity contribution in [2.24, 2.45) is 0 Å². The first-order valence-electron chi connectivity index (χ1n) is 5.08. The zero-order valence-corrected chi connectivity index (χ0v) is 10.1. The minimum absolute atomic E-state index is 0.602. The molecule has 2 aromatic rings. The van der Waals surface area contributed by atoms with E-state index in [9.17, 15) is 5.11 Å². The number of methoxy groups -OCH3 is 1. The molecule has 0 amide bonds. The smallest absolute Gasteiger partial charge is 0.125 e. The summed E-state index contributed by atoms with van der Waals surface area (Å²) in [7, 11) is 1.62. The van der Waals surface area contributed by atoms with E-state index in [1.54, 1.807) is 18.4 Å². The number of hydrogen-bond donors (Lipinski definition) is 1. The van der Waals surface area contributed by atoms with Crippen LogP contribution in [0.25, 0.3) is 0 Å². The predicted molar refractivity (Wildman–Crippen MR) is 66.1 cm³/mol. The van der Waals surface area contributed by atoms with E-state index in [-0.39, 0.29) is 0 Å². The molecule has 1 atom stereocenters. The monoisotopic (exact) mass is 234 g/mol. The van der Waals surface area contributed by atoms with Crippen LogP contribution >= 0.6 is 11.3 Å². The first-order valence-corrected chi connectivity index (χ1v) is 5.96. The van der Waals surface area contributed by atoms with Gasteiger partial charge in [-0.2, -0.15) is 0 Å². The molecular formula is C13H14O2S. The molecule has 0 fully saturated rings. The van der Waals surface area contributed by atoms with Crippen molar-refractivity contribution in [1.82, 2.24) is 0 Å². The number of aliphatic hydroxyl groups is 1. The van der Waals surface area contributed by atoms with Crippen LogP contribution in [-0.4, -0.2) is 12.2 Å². The molecule has 0 radical (unpaired) electrons. The lowest BCUT2D eigenvalue weighted by Crippen LogP contribution is -2.01. The van der Waals surface area contributed by atoms with Crippen LogP contribution in [0.15, 0.2) is 35.7 Å². The Labute approximate surface area is 99.1 Å². The van der Waals surface area contributed by atoms with Crippen LogP contribution in [0.1, 0.15) is 22.1 Å². The molecule has 16 heavy (non-hydrogen) atoms. The highest BCUT2D eigenvalue weighted by Crippen LogP contribution is 2.32. The lowest BCUT2D eigenvalue weighted by molar-refractivity contribution is 0.218. The van der Waals surface area contributed by atoms with Crippen molar-refractivity contribution in [3.05, 3.63) is 51.7 Å². The zero-order valence-electron chi connectivity index (χ0n) is 9.31. The summed E-state index contributed by atoms with van der Waals surface area (Å²) in [5, 5.41) is 12.2. The van der Waals surface area contributed by atoms with Crippen LogP contribution in [0.4, 0.5) is 0 Å². The summed E-state index contributed by atoms with van der Waals surface area (Å²) in [4.78, 5) is 0.934. The molecule has 0 spiro atoms. The fraction of sp³-hybridized carbons (Fsp3) is 0.231. The highest BCUT2D eigenvalue weighted by atomic mass is 32.1. The Morgan fingerprint density at radius 3 is 2.75 bits per heavy atom. The van der Waals surface area contributed by atoms with Gasteiger partial charge in [-0.05, 0) is 30.5 Å². The summed E-state index contributed by atoms with van der Waals surface area (Å²) in [6.45, 7) is 2.00. The molecule has 2 nitrogen and oxygen atoms in total. The maximum absolute atomic E-state index is 10.2. The van der Waals surface area contributed by atoms with Crippen molar-refractivity contribution in [1.29, 1.82) is 0 Å². The average molecular weight is 234 g/mol. The van der Waals surface area contributed by atoms with E-state index in [4.69, 9.17) is 4.74 Å². The minimum Gasteiger partial charge on any atom is -0.496 e. The fourth-order valence-electron chi connectivity index (χ4n) is 1.67. The lowest BCUT2D eigenvalue weighted by atomic mass is 10.0. The quantitative estimate of drug-likeness (QED) is 0.884. The topological polar surface area (TPSA) is 29.5 Å². The van der Waals surface area contributed by atoms with E-state index in [1.165, 1.54) is 0 Å². The van der Waals surface area contributed by atoms with Gasteiger partial charge in [0.15, 0.2) is 0 Å². The highest BCUT2D eigenvalue weighted by molar-refractivity contribution is 7.10. The van der Waals surface area contributed by atoms with E-state index >= 15 is 0 Å². The standard InChI is InChI=1S/C13H14O2S/c1-9-5-6-11(15-2)10(8-9)13(14)12-4-3-7-16-12/h3-8,13-14H,1-2H3/t13-/m0/s1. The SMILES string of the molecule is COc1ccc(C)cc1[C@H](O)c1cccs1. The molecule has 0 bridgehead atoms. The van der Waals surface area contributed by atoms with Crippen molar-refractivity contribution in [2.75, 3.05) is 7.11 Å². The number of aryl methyl sites for hydroxylation is 1. The maximum atomic E-state index is 10.2. The summed E-state index contributed by atoms with van der Waals surface area (Å²) in [5.74, 6) is 0.728. The van der Waals surface area contributed by atoms with Crippen LogP contribution < -0.4 is 4.74 Å². The van der Waals surface area contributed by atoms with E-state index in [0.29, 0.717) is 0 Å². The summed E-state index contributed by atoms with van der Waals surface area (Å²) in [5.41, 5.74) is 1.94. The molecule has 1 heterocycles. The van der Waals surface area contributed by atoms with Gasteiger partial charge in [0.05, 0.1) is 7.11 Å². The van der Waals surface area contributed by atoms with Gasteiger partial charge in [-0.15, -0.1) is 11.3 Å². The van der Waals surface area contributed by atoms with Crippen LogP contribution in [0.2, 0.25) is 0 Å². The summed E-state index contributed by atoms with van der Waals surface area (Å²) >= 11 is 1.55. The maximum Gasteiger partial charge on any atom is 0.125 e. The largest absolute Gasteiger partial charge is 0.496 e. The average Bonchev–Trinajstić information content (AvgIpc) is 2.81. The van der Waals surface area contributed by atoms with Crippen molar-refractivity contribution in [2.45, 2.75) is 13.0 Å². The third kappa shape index (κ3) is 2.10. The van der Waals surface area contributed by atoms with Gasteiger partial charge < -0.3 is 9.84 Å². The number of thiophene rings is 1. The minimum atomic E-state index is -0.602. The van der Waals surface area contributed by atoms with Crippen LogP contribution in [0, 0.1) is 6.92 Å². The molecule has 0 aliphatic heterocycles. The van der Waals surface area contributed by atoms with Gasteiger partial charge in [0.2, 0.25) is 0 Å². The molecule has 1 aromatic carbocycles. The van der Waals surface area contributed by atoms with Gasteiger partial charge in [0, 0.05) is 10.4 Å². The molecule has 0 saturated carbocycles. The molecule has 3 heteroatoms. The Balaban J connectivity index is 2.42. The van der Waals surface area contributed by atoms with E-state index < -0.39 is 6.10 Å². The molecule has 1 aromatic heterocycles. The Morgan fingerprint density at radius 2 is 2.12 bits per heavy atom. The van der Waals surface area contributed by atoms with Gasteiger partial charge in [-0.25, -0.2) is 0 Å². The molecule has 0 unspecified atom stereocenters. The Morgan fingerprint density at radius 1 is 1.31 bits per heavy atom. The van der Waals surface area contributed by atoms with Gasteiger partial charge in [-0.1, -0.05) is 17.7 Å². The first kappa shape index (κ1) is 11.2. The Hall–Kier alpha value is -1.32. The predicted octanol–water partition coefficient (Wildman–Crippen LogP) is 3.15. The normalized spacial score (nSPS) is 12.4. The zero-order chi connectivity index (χ0) is 11.5. The third-order valence-corrected chi connectivity index (χ3v) is 3.42. The number of ether oxygens (including phenoxy) is 1. The third-order valence-electron chi connectivity index (χ3n) is 2.49. The summed E-state index contributed by atoms with van der Waals surface area (Å²) in [6, 6.07) is 9.69. The Kier molecular flexibility index (Phi) is 3.27. The molecule has 0 aliphatic rings. The van der Waals surface area contributed by atoms with E-state index in [2.05, 4.69) is 0 Å². The van der Waals surface area contributed by atoms with Gasteiger partial charge in [0.1, 0.15) is 11.9 Å². The van der Waals surface area contributed by atoms with Crippen molar-refractivity contribution in [3.8, 4) is 5.75 Å². The summed E-state index contributed by atoms with van der Waals surface area (Å²) in [6.07, 6.45) is -0.602. The number of benzene rings is 1. The van der Waals surface area contributed by atoms with Crippen LogP contribution in [0.5, 0.6) is 5.75 Å². The summed E-state index contributed by atoms with van der Waals surface area (Å²) < 4.78 is 5.26. The molecule has 2 rings (SSSR count). The second kappa shape index (κ2) is 4.68. The van der Waals surface area contributed by atoms with E-state index in [0.717, 1.165) is 21.8 Å². The van der Waals surface area contributed by atoms with Crippen LogP contribution in [-0.2, 0) is 0 Å². The molecule has 0 saturated heterocycles. The second-order valence-electron chi connectivity index (χ2n) is 3.66. The van der Waals surface area contributed by atoms with Crippen molar-refractivity contribution < 1.29 is 9.84 Å². The number of hydrogen-bond acceptors (Lipinski definition) is 3.